The number of nitrogens with one attached hydrogen (secondary N) is 2. The van der Waals surface area contributed by atoms with Crippen molar-refractivity contribution in [3.05, 3.63) is 28.2 Å². The minimum atomic E-state index is -0.939. The average Bonchev–Trinajstić information content (AvgIpc) is 2.30. The maximum absolute atomic E-state index is 11.7. The van der Waals surface area contributed by atoms with Gasteiger partial charge in [-0.2, -0.15) is 0 Å². The summed E-state index contributed by atoms with van der Waals surface area (Å²) in [5.41, 5.74) is 1.74. The molecule has 1 unspecified atom stereocenters. The maximum atomic E-state index is 11.7. The average molecular weight is 329 g/mol. The zero-order valence-electron chi connectivity index (χ0n) is 10.9. The summed E-state index contributed by atoms with van der Waals surface area (Å²) in [4.78, 5) is 22.2. The monoisotopic (exact) mass is 328 g/mol. The zero-order valence-corrected chi connectivity index (χ0v) is 12.5. The van der Waals surface area contributed by atoms with Crippen LogP contribution in [0.2, 0.25) is 0 Å². The third kappa shape index (κ3) is 5.30. The van der Waals surface area contributed by atoms with Crippen LogP contribution in [-0.2, 0) is 11.2 Å². The van der Waals surface area contributed by atoms with Crippen LogP contribution in [-0.4, -0.2) is 23.1 Å². The molecule has 0 heterocycles. The highest BCUT2D eigenvalue weighted by molar-refractivity contribution is 9.10. The molecule has 1 rings (SSSR count). The van der Waals surface area contributed by atoms with E-state index in [1.54, 1.807) is 6.92 Å². The second-order valence-electron chi connectivity index (χ2n) is 4.25. The highest BCUT2D eigenvalue weighted by Gasteiger charge is 2.12. The Morgan fingerprint density at radius 2 is 2.11 bits per heavy atom. The van der Waals surface area contributed by atoms with Crippen molar-refractivity contribution in [3.63, 3.8) is 0 Å². The number of carbonyl (C=O) groups excluding carboxylic acids is 1. The number of carboxylic acids is 1. The Balaban J connectivity index is 2.64. The van der Waals surface area contributed by atoms with Gasteiger partial charge in [-0.05, 0) is 37.1 Å². The van der Waals surface area contributed by atoms with Crippen molar-refractivity contribution in [1.29, 1.82) is 0 Å². The van der Waals surface area contributed by atoms with Crippen molar-refractivity contribution in [2.45, 2.75) is 32.7 Å². The second kappa shape index (κ2) is 7.13. The molecule has 19 heavy (non-hydrogen) atoms. The van der Waals surface area contributed by atoms with Crippen LogP contribution in [0.25, 0.3) is 0 Å². The summed E-state index contributed by atoms with van der Waals surface area (Å²) in [6, 6.07) is 4.78. The van der Waals surface area contributed by atoms with Gasteiger partial charge in [0.2, 0.25) is 0 Å². The van der Waals surface area contributed by atoms with Crippen LogP contribution in [0.3, 0.4) is 0 Å². The molecule has 0 aliphatic carbocycles. The first-order chi connectivity index (χ1) is 8.92. The van der Waals surface area contributed by atoms with E-state index >= 15 is 0 Å². The molecule has 3 N–H and O–H groups in total. The molecule has 1 atom stereocenters. The zero-order chi connectivity index (χ0) is 14.4. The Morgan fingerprint density at radius 3 is 2.68 bits per heavy atom. The number of halogens is 1. The van der Waals surface area contributed by atoms with Crippen molar-refractivity contribution in [2.75, 3.05) is 5.32 Å². The normalized spacial score (nSPS) is 11.7. The number of carboxylic acid groups (broad SMARTS) is 1. The molecule has 0 aliphatic rings. The number of hydrogen-bond donors (Lipinski definition) is 3. The number of urea groups is 1. The first kappa shape index (κ1) is 15.5. The van der Waals surface area contributed by atoms with Crippen molar-refractivity contribution < 1.29 is 14.7 Å². The molecule has 104 valence electrons. The Bertz CT molecular complexity index is 477. The number of anilines is 1. The smallest absolute Gasteiger partial charge is 0.319 e. The molecule has 0 fully saturated rings. The molecular weight excluding hydrogens is 312 g/mol. The number of rotatable bonds is 5. The van der Waals surface area contributed by atoms with Crippen LogP contribution in [0.5, 0.6) is 0 Å². The first-order valence-corrected chi connectivity index (χ1v) is 6.79. The maximum Gasteiger partial charge on any atom is 0.319 e. The molecule has 5 nitrogen and oxygen atoms in total. The Labute approximate surface area is 120 Å². The second-order valence-corrected chi connectivity index (χ2v) is 5.17. The number of aryl methyl sites for hydroxylation is 1. The first-order valence-electron chi connectivity index (χ1n) is 6.00. The topological polar surface area (TPSA) is 78.4 Å². The number of carbonyl (C=O) groups is 2. The van der Waals surface area contributed by atoms with Gasteiger partial charge >= 0.3 is 12.0 Å². The quantitative estimate of drug-likeness (QED) is 0.777. The molecule has 6 heteroatoms. The molecule has 0 saturated carbocycles. The molecule has 0 aromatic heterocycles. The summed E-state index contributed by atoms with van der Waals surface area (Å²) < 4.78 is 0.953. The summed E-state index contributed by atoms with van der Waals surface area (Å²) in [5.74, 6) is -0.939. The van der Waals surface area contributed by atoms with E-state index in [0.717, 1.165) is 22.1 Å². The molecule has 0 bridgehead atoms. The van der Waals surface area contributed by atoms with E-state index in [-0.39, 0.29) is 6.42 Å². The highest BCUT2D eigenvalue weighted by Crippen LogP contribution is 2.21. The van der Waals surface area contributed by atoms with Crippen molar-refractivity contribution in [1.82, 2.24) is 5.32 Å². The largest absolute Gasteiger partial charge is 0.481 e. The lowest BCUT2D eigenvalue weighted by Crippen LogP contribution is -2.37. The van der Waals surface area contributed by atoms with Gasteiger partial charge < -0.3 is 15.7 Å². The standard InChI is InChI=1S/C13H17BrN2O3/c1-3-9-7-10(14)4-5-11(9)16-13(19)15-8(2)6-12(17)18/h4-5,7-8H,3,6H2,1-2H3,(H,17,18)(H2,15,16,19). The molecule has 1 aromatic carbocycles. The van der Waals surface area contributed by atoms with E-state index < -0.39 is 18.0 Å². The molecular formula is C13H17BrN2O3. The fourth-order valence-electron chi connectivity index (χ4n) is 1.67. The van der Waals surface area contributed by atoms with Crippen LogP contribution >= 0.6 is 15.9 Å². The lowest BCUT2D eigenvalue weighted by molar-refractivity contribution is -0.137. The van der Waals surface area contributed by atoms with E-state index in [1.165, 1.54) is 0 Å². The molecule has 0 spiro atoms. The summed E-state index contributed by atoms with van der Waals surface area (Å²) in [7, 11) is 0. The van der Waals surface area contributed by atoms with Gasteiger partial charge in [0, 0.05) is 16.2 Å². The molecule has 0 radical (unpaired) electrons. The van der Waals surface area contributed by atoms with Gasteiger partial charge in [-0.25, -0.2) is 4.79 Å². The fraction of sp³-hybridized carbons (Fsp3) is 0.385. The van der Waals surface area contributed by atoms with E-state index in [4.69, 9.17) is 5.11 Å². The van der Waals surface area contributed by atoms with Gasteiger partial charge in [-0.15, -0.1) is 0 Å². The minimum Gasteiger partial charge on any atom is -0.481 e. The van der Waals surface area contributed by atoms with Crippen molar-refractivity contribution >= 4 is 33.6 Å². The lowest BCUT2D eigenvalue weighted by atomic mass is 10.1. The molecule has 0 aliphatic heterocycles. The number of amides is 2. The van der Waals surface area contributed by atoms with Crippen LogP contribution in [0, 0.1) is 0 Å². The van der Waals surface area contributed by atoms with Gasteiger partial charge in [0.25, 0.3) is 0 Å². The Morgan fingerprint density at radius 1 is 1.42 bits per heavy atom. The van der Waals surface area contributed by atoms with Gasteiger partial charge in [-0.1, -0.05) is 22.9 Å². The summed E-state index contributed by atoms with van der Waals surface area (Å²) in [5, 5.41) is 13.9. The van der Waals surface area contributed by atoms with Crippen molar-refractivity contribution in [2.24, 2.45) is 0 Å². The van der Waals surface area contributed by atoms with Crippen LogP contribution in [0.4, 0.5) is 10.5 Å². The highest BCUT2D eigenvalue weighted by atomic mass is 79.9. The van der Waals surface area contributed by atoms with E-state index in [1.807, 2.05) is 25.1 Å². The van der Waals surface area contributed by atoms with Gasteiger partial charge in [0.1, 0.15) is 0 Å². The minimum absolute atomic E-state index is 0.103. The fourth-order valence-corrected chi connectivity index (χ4v) is 2.08. The molecule has 0 saturated heterocycles. The van der Waals surface area contributed by atoms with Crippen molar-refractivity contribution in [3.8, 4) is 0 Å². The Hall–Kier alpha value is -1.56. The van der Waals surface area contributed by atoms with Crippen LogP contribution in [0.15, 0.2) is 22.7 Å². The van der Waals surface area contributed by atoms with E-state index in [2.05, 4.69) is 26.6 Å². The molecule has 1 aromatic rings. The summed E-state index contributed by atoms with van der Waals surface area (Å²) >= 11 is 3.38. The molecule has 2 amide bonds. The SMILES string of the molecule is CCc1cc(Br)ccc1NC(=O)NC(C)CC(=O)O. The number of benzene rings is 1. The van der Waals surface area contributed by atoms with Gasteiger partial charge in [0.05, 0.1) is 6.42 Å². The number of aliphatic carboxylic acids is 1. The third-order valence-electron chi connectivity index (χ3n) is 2.55. The summed E-state index contributed by atoms with van der Waals surface area (Å²) in [6.45, 7) is 3.65. The van der Waals surface area contributed by atoms with Crippen LogP contribution in [0.1, 0.15) is 25.8 Å². The predicted octanol–water partition coefficient (Wildman–Crippen LogP) is 3.00. The number of hydrogen-bond acceptors (Lipinski definition) is 2. The van der Waals surface area contributed by atoms with Crippen LogP contribution < -0.4 is 10.6 Å². The van der Waals surface area contributed by atoms with E-state index in [0.29, 0.717) is 0 Å². The predicted molar refractivity (Wildman–Crippen MR) is 77.4 cm³/mol. The third-order valence-corrected chi connectivity index (χ3v) is 3.05. The Kier molecular flexibility index (Phi) is 5.82. The van der Waals surface area contributed by atoms with Gasteiger partial charge in [0.15, 0.2) is 0 Å². The summed E-state index contributed by atoms with van der Waals surface area (Å²) in [6.07, 6.45) is 0.689. The van der Waals surface area contributed by atoms with Gasteiger partial charge in [-0.3, -0.25) is 4.79 Å². The van der Waals surface area contributed by atoms with E-state index in [9.17, 15) is 9.59 Å². The lowest BCUT2D eigenvalue weighted by Gasteiger charge is -2.14.